The SMILES string of the molecule is CC(C)c1nnsc1C(N)Cc1cccc(F)c1Br. The fraction of sp³-hybridized carbons (Fsp3) is 0.385. The van der Waals surface area contributed by atoms with Gasteiger partial charge in [0.15, 0.2) is 0 Å². The molecule has 0 aliphatic carbocycles. The maximum atomic E-state index is 13.5. The molecule has 0 saturated heterocycles. The number of hydrogen-bond acceptors (Lipinski definition) is 4. The third kappa shape index (κ3) is 3.19. The Hall–Kier alpha value is -0.850. The van der Waals surface area contributed by atoms with E-state index in [-0.39, 0.29) is 17.8 Å². The lowest BCUT2D eigenvalue weighted by Crippen LogP contribution is -2.14. The molecule has 2 N–H and O–H groups in total. The molecule has 0 aliphatic rings. The number of nitrogens with zero attached hydrogens (tertiary/aromatic N) is 2. The molecule has 6 heteroatoms. The van der Waals surface area contributed by atoms with Gasteiger partial charge in [0.1, 0.15) is 5.82 Å². The number of rotatable bonds is 4. The van der Waals surface area contributed by atoms with Crippen LogP contribution in [-0.4, -0.2) is 9.59 Å². The topological polar surface area (TPSA) is 51.8 Å². The van der Waals surface area contributed by atoms with E-state index in [4.69, 9.17) is 5.73 Å². The minimum absolute atomic E-state index is 0.213. The van der Waals surface area contributed by atoms with Crippen molar-refractivity contribution < 1.29 is 4.39 Å². The molecule has 0 bridgehead atoms. The third-order valence-electron chi connectivity index (χ3n) is 2.90. The monoisotopic (exact) mass is 343 g/mol. The van der Waals surface area contributed by atoms with Gasteiger partial charge in [-0.15, -0.1) is 5.10 Å². The summed E-state index contributed by atoms with van der Waals surface area (Å²) < 4.78 is 17.9. The summed E-state index contributed by atoms with van der Waals surface area (Å²) in [6, 6.07) is 4.77. The molecule has 102 valence electrons. The van der Waals surface area contributed by atoms with Crippen molar-refractivity contribution in [3.05, 3.63) is 44.6 Å². The highest BCUT2D eigenvalue weighted by Gasteiger charge is 2.19. The van der Waals surface area contributed by atoms with Crippen molar-refractivity contribution in [3.8, 4) is 0 Å². The van der Waals surface area contributed by atoms with E-state index in [0.717, 1.165) is 16.1 Å². The minimum atomic E-state index is -0.267. The highest BCUT2D eigenvalue weighted by Crippen LogP contribution is 2.29. The lowest BCUT2D eigenvalue weighted by Gasteiger charge is -2.13. The van der Waals surface area contributed by atoms with Gasteiger partial charge in [0.25, 0.3) is 0 Å². The predicted octanol–water partition coefficient (Wildman–Crippen LogP) is 3.81. The fourth-order valence-electron chi connectivity index (χ4n) is 1.90. The average Bonchev–Trinajstić information content (AvgIpc) is 2.84. The van der Waals surface area contributed by atoms with Gasteiger partial charge >= 0.3 is 0 Å². The number of aromatic nitrogens is 2. The van der Waals surface area contributed by atoms with E-state index in [1.165, 1.54) is 17.6 Å². The summed E-state index contributed by atoms with van der Waals surface area (Å²) >= 11 is 4.58. The van der Waals surface area contributed by atoms with Crippen LogP contribution in [0.1, 0.15) is 41.9 Å². The minimum Gasteiger partial charge on any atom is -0.323 e. The van der Waals surface area contributed by atoms with Crippen LogP contribution >= 0.6 is 27.5 Å². The van der Waals surface area contributed by atoms with Gasteiger partial charge in [0.2, 0.25) is 0 Å². The van der Waals surface area contributed by atoms with Gasteiger partial charge in [-0.05, 0) is 51.4 Å². The van der Waals surface area contributed by atoms with E-state index in [1.807, 2.05) is 6.07 Å². The Labute approximate surface area is 124 Å². The van der Waals surface area contributed by atoms with E-state index >= 15 is 0 Å². The Morgan fingerprint density at radius 1 is 1.42 bits per heavy atom. The summed E-state index contributed by atoms with van der Waals surface area (Å²) in [6.07, 6.45) is 0.557. The molecule has 1 aromatic carbocycles. The lowest BCUT2D eigenvalue weighted by atomic mass is 10.0. The van der Waals surface area contributed by atoms with Crippen molar-refractivity contribution in [1.29, 1.82) is 0 Å². The van der Waals surface area contributed by atoms with E-state index in [2.05, 4.69) is 39.4 Å². The highest BCUT2D eigenvalue weighted by atomic mass is 79.9. The number of benzene rings is 1. The summed E-state index contributed by atoms with van der Waals surface area (Å²) in [5.74, 6) is 0.0203. The molecule has 0 amide bonds. The fourth-order valence-corrected chi connectivity index (χ4v) is 3.13. The average molecular weight is 344 g/mol. The molecule has 2 rings (SSSR count). The van der Waals surface area contributed by atoms with Crippen molar-refractivity contribution in [2.75, 3.05) is 0 Å². The van der Waals surface area contributed by atoms with Crippen LogP contribution in [0.3, 0.4) is 0 Å². The van der Waals surface area contributed by atoms with Crippen LogP contribution in [0.15, 0.2) is 22.7 Å². The second-order valence-electron chi connectivity index (χ2n) is 4.70. The van der Waals surface area contributed by atoms with Crippen LogP contribution in [0.5, 0.6) is 0 Å². The quantitative estimate of drug-likeness (QED) is 0.918. The zero-order valence-corrected chi connectivity index (χ0v) is 13.1. The zero-order chi connectivity index (χ0) is 14.0. The molecule has 2 aromatic rings. The van der Waals surface area contributed by atoms with Gasteiger partial charge in [-0.1, -0.05) is 30.5 Å². The highest BCUT2D eigenvalue weighted by molar-refractivity contribution is 9.10. The van der Waals surface area contributed by atoms with Crippen molar-refractivity contribution in [2.24, 2.45) is 5.73 Å². The molecule has 19 heavy (non-hydrogen) atoms. The molecule has 1 unspecified atom stereocenters. The van der Waals surface area contributed by atoms with Gasteiger partial charge in [-0.3, -0.25) is 0 Å². The Balaban J connectivity index is 2.23. The molecule has 0 saturated carbocycles. The Morgan fingerprint density at radius 2 is 2.16 bits per heavy atom. The molecule has 0 fully saturated rings. The first-order chi connectivity index (χ1) is 9.00. The zero-order valence-electron chi connectivity index (χ0n) is 10.7. The molecular weight excluding hydrogens is 329 g/mol. The Kier molecular flexibility index (Phi) is 4.65. The molecule has 3 nitrogen and oxygen atoms in total. The molecule has 1 aromatic heterocycles. The van der Waals surface area contributed by atoms with Gasteiger partial charge in [0.05, 0.1) is 15.0 Å². The summed E-state index contributed by atoms with van der Waals surface area (Å²) in [5, 5.41) is 4.12. The van der Waals surface area contributed by atoms with Gasteiger partial charge in [0, 0.05) is 6.04 Å². The van der Waals surface area contributed by atoms with Gasteiger partial charge in [-0.25, -0.2) is 4.39 Å². The second kappa shape index (κ2) is 6.07. The summed E-state index contributed by atoms with van der Waals surface area (Å²) in [7, 11) is 0. The van der Waals surface area contributed by atoms with Crippen molar-refractivity contribution in [2.45, 2.75) is 32.2 Å². The van der Waals surface area contributed by atoms with Crippen LogP contribution in [0.25, 0.3) is 0 Å². The standard InChI is InChI=1S/C13H15BrFN3S/c1-7(2)12-13(19-18-17-12)10(16)6-8-4-3-5-9(15)11(8)14/h3-5,7,10H,6,16H2,1-2H3. The van der Waals surface area contributed by atoms with E-state index in [0.29, 0.717) is 10.9 Å². The molecule has 0 spiro atoms. The molecule has 1 heterocycles. The lowest BCUT2D eigenvalue weighted by molar-refractivity contribution is 0.614. The smallest absolute Gasteiger partial charge is 0.137 e. The molecule has 1 atom stereocenters. The maximum absolute atomic E-state index is 13.5. The van der Waals surface area contributed by atoms with Crippen LogP contribution in [0, 0.1) is 5.82 Å². The number of nitrogens with two attached hydrogens (primary N) is 1. The summed E-state index contributed by atoms with van der Waals surface area (Å²) in [4.78, 5) is 0.978. The largest absolute Gasteiger partial charge is 0.323 e. The van der Waals surface area contributed by atoms with E-state index < -0.39 is 0 Å². The van der Waals surface area contributed by atoms with Gasteiger partial charge < -0.3 is 5.73 Å². The van der Waals surface area contributed by atoms with Crippen LogP contribution in [0.4, 0.5) is 4.39 Å². The van der Waals surface area contributed by atoms with Crippen molar-refractivity contribution in [1.82, 2.24) is 9.59 Å². The van der Waals surface area contributed by atoms with E-state index in [9.17, 15) is 4.39 Å². The van der Waals surface area contributed by atoms with Crippen LogP contribution in [0.2, 0.25) is 0 Å². The number of halogens is 2. The van der Waals surface area contributed by atoms with Crippen LogP contribution < -0.4 is 5.73 Å². The van der Waals surface area contributed by atoms with E-state index in [1.54, 1.807) is 6.07 Å². The van der Waals surface area contributed by atoms with Gasteiger partial charge in [-0.2, -0.15) is 0 Å². The first-order valence-corrected chi connectivity index (χ1v) is 7.58. The first kappa shape index (κ1) is 14.6. The maximum Gasteiger partial charge on any atom is 0.137 e. The molecular formula is C13H15BrFN3S. The molecule has 0 radical (unpaired) electrons. The third-order valence-corrected chi connectivity index (χ3v) is 4.66. The van der Waals surface area contributed by atoms with Crippen molar-refractivity contribution >= 4 is 27.5 Å². The first-order valence-electron chi connectivity index (χ1n) is 6.01. The Morgan fingerprint density at radius 3 is 2.84 bits per heavy atom. The Bertz CT molecular complexity index is 571. The van der Waals surface area contributed by atoms with Crippen molar-refractivity contribution in [3.63, 3.8) is 0 Å². The summed E-state index contributed by atoms with van der Waals surface area (Å²) in [5.41, 5.74) is 8.01. The summed E-state index contributed by atoms with van der Waals surface area (Å²) in [6.45, 7) is 4.12. The van der Waals surface area contributed by atoms with Crippen LogP contribution in [-0.2, 0) is 6.42 Å². The second-order valence-corrected chi connectivity index (χ2v) is 6.28. The number of hydrogen-bond donors (Lipinski definition) is 1. The normalized spacial score (nSPS) is 12.9. The molecule has 0 aliphatic heterocycles. The predicted molar refractivity (Wildman–Crippen MR) is 78.7 cm³/mol.